The van der Waals surface area contributed by atoms with Crippen molar-refractivity contribution < 1.29 is 0 Å². The van der Waals surface area contributed by atoms with Gasteiger partial charge in [0.05, 0.1) is 0 Å². The lowest BCUT2D eigenvalue weighted by molar-refractivity contribution is 0.325. The molecule has 0 aromatic rings. The summed E-state index contributed by atoms with van der Waals surface area (Å²) in [5.41, 5.74) is 0. The Morgan fingerprint density at radius 2 is 1.77 bits per heavy atom. The molecule has 1 fully saturated rings. The van der Waals surface area contributed by atoms with Gasteiger partial charge in [0.2, 0.25) is 0 Å². The Bertz CT molecular complexity index is 125. The second-order valence-electron chi connectivity index (χ2n) is 4.93. The molecule has 1 rings (SSSR count). The molecule has 0 bridgehead atoms. The molecule has 1 atom stereocenters. The van der Waals surface area contributed by atoms with E-state index in [9.17, 15) is 0 Å². The highest BCUT2D eigenvalue weighted by Crippen LogP contribution is 2.34. The topological polar surface area (TPSA) is 0 Å². The predicted octanol–water partition coefficient (Wildman–Crippen LogP) is 4.47. The van der Waals surface area contributed by atoms with Gasteiger partial charge >= 0.3 is 0 Å². The second-order valence-corrected chi connectivity index (χ2v) is 5.24. The van der Waals surface area contributed by atoms with Crippen LogP contribution in [0.3, 0.4) is 0 Å². The first-order chi connectivity index (χ1) is 6.24. The van der Waals surface area contributed by atoms with E-state index in [1.807, 2.05) is 0 Å². The van der Waals surface area contributed by atoms with Crippen LogP contribution in [-0.4, -0.2) is 5.88 Å². The fourth-order valence-corrected chi connectivity index (χ4v) is 2.82. The molecule has 0 aromatic heterocycles. The summed E-state index contributed by atoms with van der Waals surface area (Å²) in [7, 11) is 0. The van der Waals surface area contributed by atoms with Gasteiger partial charge in [-0.1, -0.05) is 46.0 Å². The first-order valence-electron chi connectivity index (χ1n) is 5.80. The Balaban J connectivity index is 2.24. The summed E-state index contributed by atoms with van der Waals surface area (Å²) in [6.45, 7) is 4.61. The fourth-order valence-electron chi connectivity index (χ4n) is 2.42. The molecule has 78 valence electrons. The smallest absolute Gasteiger partial charge is 0.0254 e. The second kappa shape index (κ2) is 5.90. The van der Waals surface area contributed by atoms with Gasteiger partial charge in [-0.25, -0.2) is 0 Å². The zero-order valence-corrected chi connectivity index (χ0v) is 9.82. The number of hydrogen-bond donors (Lipinski definition) is 0. The standard InChI is InChI=1S/C12H23Cl/c1-10(2)7-8-12(9-13)11-5-3-4-6-11/h10-12H,3-9H2,1-2H3. The Kier molecular flexibility index (Phi) is 5.16. The molecule has 1 heteroatoms. The predicted molar refractivity (Wildman–Crippen MR) is 60.2 cm³/mol. The molecule has 0 saturated heterocycles. The summed E-state index contributed by atoms with van der Waals surface area (Å²) in [6, 6.07) is 0. The summed E-state index contributed by atoms with van der Waals surface area (Å²) in [5.74, 6) is 3.49. The van der Waals surface area contributed by atoms with E-state index in [2.05, 4.69) is 13.8 Å². The third kappa shape index (κ3) is 3.89. The van der Waals surface area contributed by atoms with E-state index in [0.29, 0.717) is 0 Å². The van der Waals surface area contributed by atoms with Crippen LogP contribution in [0, 0.1) is 17.8 Å². The molecule has 0 heterocycles. The number of hydrogen-bond acceptors (Lipinski definition) is 0. The van der Waals surface area contributed by atoms with E-state index < -0.39 is 0 Å². The summed E-state index contributed by atoms with van der Waals surface area (Å²) >= 11 is 6.03. The molecule has 1 aliphatic carbocycles. The van der Waals surface area contributed by atoms with Crippen LogP contribution < -0.4 is 0 Å². The molecular weight excluding hydrogens is 180 g/mol. The largest absolute Gasteiger partial charge is 0.126 e. The lowest BCUT2D eigenvalue weighted by Crippen LogP contribution is -2.14. The van der Waals surface area contributed by atoms with Gasteiger partial charge in [-0.05, 0) is 24.2 Å². The van der Waals surface area contributed by atoms with E-state index >= 15 is 0 Å². The zero-order chi connectivity index (χ0) is 9.68. The highest BCUT2D eigenvalue weighted by Gasteiger charge is 2.23. The Hall–Kier alpha value is 0.290. The van der Waals surface area contributed by atoms with Gasteiger partial charge in [0.25, 0.3) is 0 Å². The number of rotatable bonds is 5. The van der Waals surface area contributed by atoms with Crippen molar-refractivity contribution in [2.45, 2.75) is 52.4 Å². The van der Waals surface area contributed by atoms with Crippen molar-refractivity contribution in [1.29, 1.82) is 0 Å². The van der Waals surface area contributed by atoms with Crippen LogP contribution in [0.15, 0.2) is 0 Å². The molecule has 0 spiro atoms. The van der Waals surface area contributed by atoms with E-state index in [1.54, 1.807) is 0 Å². The molecular formula is C12H23Cl. The van der Waals surface area contributed by atoms with Gasteiger partial charge in [-0.15, -0.1) is 11.6 Å². The van der Waals surface area contributed by atoms with Gasteiger partial charge < -0.3 is 0 Å². The molecule has 0 N–H and O–H groups in total. The van der Waals surface area contributed by atoms with Crippen LogP contribution in [0.2, 0.25) is 0 Å². The SMILES string of the molecule is CC(C)CCC(CCl)C1CCCC1. The van der Waals surface area contributed by atoms with Gasteiger partial charge in [-0.3, -0.25) is 0 Å². The van der Waals surface area contributed by atoms with E-state index in [-0.39, 0.29) is 0 Å². The Morgan fingerprint density at radius 1 is 1.15 bits per heavy atom. The maximum atomic E-state index is 6.03. The zero-order valence-electron chi connectivity index (χ0n) is 9.06. The minimum absolute atomic E-state index is 0.812. The lowest BCUT2D eigenvalue weighted by Gasteiger charge is -2.21. The molecule has 1 unspecified atom stereocenters. The van der Waals surface area contributed by atoms with Crippen LogP contribution >= 0.6 is 11.6 Å². The Morgan fingerprint density at radius 3 is 2.23 bits per heavy atom. The van der Waals surface area contributed by atoms with Gasteiger partial charge in [0.15, 0.2) is 0 Å². The molecule has 0 amide bonds. The Labute approximate surface area is 88.1 Å². The molecule has 1 aliphatic rings. The van der Waals surface area contributed by atoms with Gasteiger partial charge in [0.1, 0.15) is 0 Å². The third-order valence-electron chi connectivity index (χ3n) is 3.38. The highest BCUT2D eigenvalue weighted by molar-refractivity contribution is 6.18. The molecule has 0 radical (unpaired) electrons. The van der Waals surface area contributed by atoms with Crippen LogP contribution in [0.5, 0.6) is 0 Å². The summed E-state index contributed by atoms with van der Waals surface area (Å²) in [6.07, 6.45) is 8.48. The molecule has 13 heavy (non-hydrogen) atoms. The van der Waals surface area contributed by atoms with Crippen molar-refractivity contribution in [2.24, 2.45) is 17.8 Å². The lowest BCUT2D eigenvalue weighted by atomic mass is 9.87. The van der Waals surface area contributed by atoms with Gasteiger partial charge in [-0.2, -0.15) is 0 Å². The van der Waals surface area contributed by atoms with Crippen LogP contribution in [0.25, 0.3) is 0 Å². The maximum absolute atomic E-state index is 6.03. The van der Waals surface area contributed by atoms with Crippen LogP contribution in [0.4, 0.5) is 0 Å². The first kappa shape index (κ1) is 11.4. The molecule has 0 aliphatic heterocycles. The number of alkyl halides is 1. The normalized spacial score (nSPS) is 21.2. The summed E-state index contributed by atoms with van der Waals surface area (Å²) in [4.78, 5) is 0. The average molecular weight is 203 g/mol. The molecule has 1 saturated carbocycles. The maximum Gasteiger partial charge on any atom is 0.0254 e. The fraction of sp³-hybridized carbons (Fsp3) is 1.00. The van der Waals surface area contributed by atoms with E-state index in [1.165, 1.54) is 38.5 Å². The summed E-state index contributed by atoms with van der Waals surface area (Å²) in [5, 5.41) is 0. The highest BCUT2D eigenvalue weighted by atomic mass is 35.5. The number of halogens is 1. The minimum Gasteiger partial charge on any atom is -0.126 e. The van der Waals surface area contributed by atoms with Crippen LogP contribution in [-0.2, 0) is 0 Å². The van der Waals surface area contributed by atoms with E-state index in [4.69, 9.17) is 11.6 Å². The summed E-state index contributed by atoms with van der Waals surface area (Å²) < 4.78 is 0. The quantitative estimate of drug-likeness (QED) is 0.578. The monoisotopic (exact) mass is 202 g/mol. The average Bonchev–Trinajstić information content (AvgIpc) is 2.58. The van der Waals surface area contributed by atoms with Crippen molar-refractivity contribution >= 4 is 11.6 Å². The van der Waals surface area contributed by atoms with Crippen molar-refractivity contribution in [3.8, 4) is 0 Å². The van der Waals surface area contributed by atoms with Crippen molar-refractivity contribution in [2.75, 3.05) is 5.88 Å². The van der Waals surface area contributed by atoms with Crippen molar-refractivity contribution in [3.05, 3.63) is 0 Å². The molecule has 0 aromatic carbocycles. The van der Waals surface area contributed by atoms with Gasteiger partial charge in [0, 0.05) is 5.88 Å². The molecule has 0 nitrogen and oxygen atoms in total. The van der Waals surface area contributed by atoms with Crippen LogP contribution in [0.1, 0.15) is 52.4 Å². The van der Waals surface area contributed by atoms with E-state index in [0.717, 1.165) is 23.6 Å². The third-order valence-corrected chi connectivity index (χ3v) is 3.78. The van der Waals surface area contributed by atoms with Crippen molar-refractivity contribution in [1.82, 2.24) is 0 Å². The first-order valence-corrected chi connectivity index (χ1v) is 6.33. The minimum atomic E-state index is 0.812. The van der Waals surface area contributed by atoms with Crippen molar-refractivity contribution in [3.63, 3.8) is 0 Å².